The van der Waals surface area contributed by atoms with Crippen molar-refractivity contribution in [1.29, 1.82) is 5.41 Å². The average molecular weight is 1150 g/mol. The van der Waals surface area contributed by atoms with Crippen LogP contribution in [0.2, 0.25) is 0 Å². The molecule has 80 heavy (non-hydrogen) atoms. The molecule has 9 rings (SSSR count). The summed E-state index contributed by atoms with van der Waals surface area (Å²) in [6.45, 7) is 2.10. The number of rotatable bonds is 19. The Hall–Kier alpha value is -6.68. The molecule has 5 aromatic heterocycles. The first-order valence-electron chi connectivity index (χ1n) is 24.6. The summed E-state index contributed by atoms with van der Waals surface area (Å²) in [5.74, 6) is -0.164. The molecule has 0 saturated heterocycles. The fourth-order valence-electron chi connectivity index (χ4n) is 8.21. The van der Waals surface area contributed by atoms with Gasteiger partial charge in [-0.05, 0) is 75.1 Å². The molecule has 2 aliphatic carbocycles. The summed E-state index contributed by atoms with van der Waals surface area (Å²) >= 11 is 0. The van der Waals surface area contributed by atoms with Crippen LogP contribution in [0.25, 0.3) is 45.1 Å². The predicted octanol–water partition coefficient (Wildman–Crippen LogP) is 9.39. The second kappa shape index (κ2) is 25.8. The first-order valence-corrected chi connectivity index (χ1v) is 24.6. The van der Waals surface area contributed by atoms with Crippen molar-refractivity contribution < 1.29 is 115 Å². The van der Waals surface area contributed by atoms with Gasteiger partial charge in [0.05, 0.1) is 37.2 Å². The van der Waals surface area contributed by atoms with Crippen molar-refractivity contribution in [1.82, 2.24) is 49.0 Å². The van der Waals surface area contributed by atoms with Crippen LogP contribution >= 0.6 is 0 Å². The molecule has 0 aliphatic heterocycles. The van der Waals surface area contributed by atoms with Gasteiger partial charge in [0, 0.05) is 48.7 Å². The zero-order chi connectivity index (χ0) is 56.9. The Morgan fingerprint density at radius 1 is 0.787 bits per heavy atom. The molecule has 0 unspecified atom stereocenters. The summed E-state index contributed by atoms with van der Waals surface area (Å²) in [4.78, 5) is 33.5. The Morgan fingerprint density at radius 3 is 2.01 bits per heavy atom. The van der Waals surface area contributed by atoms with Crippen molar-refractivity contribution in [2.24, 2.45) is 13.0 Å². The van der Waals surface area contributed by atoms with E-state index in [-0.39, 0.29) is 117 Å². The van der Waals surface area contributed by atoms with Crippen molar-refractivity contribution in [2.75, 3.05) is 21.3 Å². The van der Waals surface area contributed by atoms with Gasteiger partial charge in [-0.3, -0.25) is 5.41 Å². The van der Waals surface area contributed by atoms with Gasteiger partial charge < -0.3 is 38.1 Å². The number of methoxy groups -OCH3 is 2. The van der Waals surface area contributed by atoms with Crippen LogP contribution in [0.3, 0.4) is 0 Å². The van der Waals surface area contributed by atoms with Crippen molar-refractivity contribution in [3.63, 3.8) is 0 Å². The number of aryl methyl sites for hydroxylation is 2. The molecule has 2 aliphatic rings. The third-order valence-electron chi connectivity index (χ3n) is 12.5. The molecule has 27 heteroatoms. The third kappa shape index (κ3) is 14.4. The number of nitrogens with zero attached hydrogens (tertiary/aromatic N) is 11. The summed E-state index contributed by atoms with van der Waals surface area (Å²) in [6, 6.07) is 10.3. The smallest absolute Gasteiger partial charge is 0.689 e. The van der Waals surface area contributed by atoms with E-state index in [4.69, 9.17) is 24.4 Å². The number of benzene rings is 2. The van der Waals surface area contributed by atoms with Gasteiger partial charge >= 0.3 is 70.3 Å². The Balaban J connectivity index is 0.000000229. The maximum absolute atomic E-state index is 14.9. The zero-order valence-electron chi connectivity index (χ0n) is 44.5. The number of alkyl halides is 8. The number of allylic oxidation sites excluding steroid dienone is 1. The van der Waals surface area contributed by atoms with E-state index in [1.165, 1.54) is 44.3 Å². The molecule has 418 valence electrons. The first kappa shape index (κ1) is 60.9. The Labute approximate surface area is 495 Å². The molecule has 1 N–H and O–H groups in total. The largest absolute Gasteiger partial charge is 1.00 e. The standard InChI is InChI=1S/C27H28F5N6O3.C26H24F4N6O2.K/c1-14(2)38-12-19(27(30,31)32)36-24(38)17-7-5-15(6-8-17)13-40-25-18(41-26(28)29)11-35-23(37-25)20(22(33)39-4)21(34-3)16-9-10-16;1-4-15-10-31-22(20-21(16-6-7-16)32-13-33-25(20)37-3)35-24(15)38-12-14-5-8-17(18(27)9-14)23-34-19(11-36(23)2)26(28,29)30;/h5-8,11-12,14,16,26,33H,9-10,13H2,1-4H3;5,8-11,13,16H,4,6-7,12H2,1-3H3;/q-1;;+1/b21-20+,33-22?;;. The van der Waals surface area contributed by atoms with Crippen LogP contribution in [0.5, 0.6) is 23.4 Å². The van der Waals surface area contributed by atoms with Gasteiger partial charge in [0.2, 0.25) is 23.4 Å². The van der Waals surface area contributed by atoms with E-state index in [1.54, 1.807) is 57.4 Å². The van der Waals surface area contributed by atoms with E-state index in [1.807, 2.05) is 6.92 Å². The van der Waals surface area contributed by atoms with Gasteiger partial charge in [-0.1, -0.05) is 37.3 Å². The molecule has 2 saturated carbocycles. The zero-order valence-corrected chi connectivity index (χ0v) is 47.7. The molecule has 0 atom stereocenters. The normalized spacial score (nSPS) is 13.7. The average Bonchev–Trinajstić information content (AvgIpc) is 4.40. The molecule has 5 heterocycles. The molecule has 0 spiro atoms. The monoisotopic (exact) mass is 1150 g/mol. The summed E-state index contributed by atoms with van der Waals surface area (Å²) < 4.78 is 149. The molecule has 2 fully saturated rings. The van der Waals surface area contributed by atoms with Crippen LogP contribution in [0.1, 0.15) is 98.0 Å². The van der Waals surface area contributed by atoms with Crippen molar-refractivity contribution in [3.05, 3.63) is 130 Å². The molecule has 0 amide bonds. The minimum Gasteiger partial charge on any atom is -0.689 e. The number of hydrogen-bond donors (Lipinski definition) is 1. The van der Waals surface area contributed by atoms with Gasteiger partial charge in [-0.25, -0.2) is 34.3 Å². The van der Waals surface area contributed by atoms with Crippen LogP contribution in [-0.2, 0) is 43.8 Å². The Bertz CT molecular complexity index is 3340. The van der Waals surface area contributed by atoms with Crippen LogP contribution in [-0.4, -0.2) is 82.8 Å². The SMILES string of the molecule is CCc1cnc(-c2c(OC)ncnc2C2CC2)nc1OCc1ccc(-c2nc(C(F)(F)F)cn2C)c(F)c1.C[N-]/C(=C(\C(=N)OC)c1ncc(OC(F)F)c(OCc2ccc(-c3nc(C(F)(F)F)cn3C(C)C)cc2)n1)C1CC1.[K+]. The van der Waals surface area contributed by atoms with Gasteiger partial charge in [-0.2, -0.15) is 45.1 Å². The molecular formula is C53H52F9KN12O5. The van der Waals surface area contributed by atoms with E-state index in [0.29, 0.717) is 57.9 Å². The van der Waals surface area contributed by atoms with E-state index >= 15 is 0 Å². The summed E-state index contributed by atoms with van der Waals surface area (Å²) in [5, 5.41) is 12.5. The fourth-order valence-corrected chi connectivity index (χ4v) is 8.21. The van der Waals surface area contributed by atoms with Gasteiger partial charge in [-0.15, -0.1) is 12.7 Å². The molecule has 17 nitrogen and oxygen atoms in total. The topological polar surface area (TPSA) is 197 Å². The molecule has 0 radical (unpaired) electrons. The number of ether oxygens (including phenoxy) is 5. The van der Waals surface area contributed by atoms with Crippen LogP contribution in [0.4, 0.5) is 39.5 Å². The molecule has 2 aromatic carbocycles. The maximum atomic E-state index is 14.9. The molecular weight excluding hydrogens is 1090 g/mol. The van der Waals surface area contributed by atoms with Crippen LogP contribution in [0, 0.1) is 17.1 Å². The molecule has 0 bridgehead atoms. The minimum absolute atomic E-state index is 0. The second-order valence-electron chi connectivity index (χ2n) is 18.4. The van der Waals surface area contributed by atoms with E-state index in [2.05, 4.69) is 49.9 Å². The van der Waals surface area contributed by atoms with E-state index in [9.17, 15) is 39.5 Å². The van der Waals surface area contributed by atoms with Crippen molar-refractivity contribution in [3.8, 4) is 57.6 Å². The van der Waals surface area contributed by atoms with Crippen molar-refractivity contribution >= 4 is 11.5 Å². The summed E-state index contributed by atoms with van der Waals surface area (Å²) in [5.41, 5.74) is 2.35. The van der Waals surface area contributed by atoms with E-state index in [0.717, 1.165) is 60.1 Å². The maximum Gasteiger partial charge on any atom is 1.00 e. The van der Waals surface area contributed by atoms with Crippen LogP contribution in [0.15, 0.2) is 79.3 Å². The summed E-state index contributed by atoms with van der Waals surface area (Å²) in [7, 11) is 5.79. The number of aromatic nitrogens is 10. The van der Waals surface area contributed by atoms with E-state index < -0.39 is 41.9 Å². The number of halogens is 9. The van der Waals surface area contributed by atoms with Crippen molar-refractivity contribution in [2.45, 2.75) is 97.0 Å². The van der Waals surface area contributed by atoms with Crippen LogP contribution < -0.4 is 70.3 Å². The fraction of sp³-hybridized carbons (Fsp3) is 0.377. The number of hydrogen-bond acceptors (Lipinski definition) is 14. The summed E-state index contributed by atoms with van der Waals surface area (Å²) in [6.07, 6.45) is 1.12. The third-order valence-corrected chi connectivity index (χ3v) is 12.5. The first-order chi connectivity index (χ1) is 37.6. The number of nitrogens with one attached hydrogen (secondary N) is 1. The second-order valence-corrected chi connectivity index (χ2v) is 18.4. The number of imidazole rings is 2. The van der Waals surface area contributed by atoms with Gasteiger partial charge in [0.25, 0.3) is 5.88 Å². The Kier molecular flexibility index (Phi) is 19.7. The molecule has 7 aromatic rings. The predicted molar refractivity (Wildman–Crippen MR) is 269 cm³/mol. The Morgan fingerprint density at radius 2 is 1.44 bits per heavy atom. The van der Waals surface area contributed by atoms with Gasteiger partial charge in [0.15, 0.2) is 23.0 Å². The minimum atomic E-state index is -4.62. The quantitative estimate of drug-likeness (QED) is 0.0348. The van der Waals surface area contributed by atoms with Gasteiger partial charge in [0.1, 0.15) is 42.6 Å².